The van der Waals surface area contributed by atoms with Crippen LogP contribution in [0.1, 0.15) is 59.5 Å². The van der Waals surface area contributed by atoms with Gasteiger partial charge in [-0.3, -0.25) is 19.5 Å². The van der Waals surface area contributed by atoms with Crippen LogP contribution >= 0.6 is 11.8 Å². The Morgan fingerprint density at radius 1 is 1.05 bits per heavy atom. The van der Waals surface area contributed by atoms with Crippen molar-refractivity contribution in [2.24, 2.45) is 0 Å². The summed E-state index contributed by atoms with van der Waals surface area (Å²) in [6.07, 6.45) is 3.40. The number of aromatic nitrogens is 3. The number of aryl methyl sites for hydroxylation is 2. The highest BCUT2D eigenvalue weighted by molar-refractivity contribution is 8.00. The minimum absolute atomic E-state index is 0.0982. The summed E-state index contributed by atoms with van der Waals surface area (Å²) >= 11 is 1.60. The average molecular weight is 554 g/mol. The number of thioether (sulfide) groups is 1. The largest absolute Gasteiger partial charge is 0.350 e. The molecular weight excluding hydrogens is 518 g/mol. The molecule has 0 saturated carbocycles. The molecule has 4 aromatic rings. The molecule has 5 rings (SSSR count). The third-order valence-electron chi connectivity index (χ3n) is 7.06. The molecule has 8 heteroatoms. The van der Waals surface area contributed by atoms with Gasteiger partial charge in [0.15, 0.2) is 0 Å². The molecule has 0 fully saturated rings. The van der Waals surface area contributed by atoms with Gasteiger partial charge in [-0.1, -0.05) is 57.2 Å². The van der Waals surface area contributed by atoms with Crippen LogP contribution < -0.4 is 10.2 Å². The van der Waals surface area contributed by atoms with E-state index >= 15 is 0 Å². The van der Waals surface area contributed by atoms with E-state index in [2.05, 4.69) is 56.2 Å². The lowest BCUT2D eigenvalue weighted by molar-refractivity contribution is -0.123. The van der Waals surface area contributed by atoms with Gasteiger partial charge in [0.25, 0.3) is 0 Å². The lowest BCUT2D eigenvalue weighted by atomic mass is 9.86. The SMILES string of the molecule is Cc1cccc(-n2nc(C(C)(C)C)c3c2N(CC(=O)NCc2ccncc2)C(=O)CS[C@H]3c2ccccc2C)c1. The van der Waals surface area contributed by atoms with Crippen LogP contribution in [0.2, 0.25) is 0 Å². The predicted octanol–water partition coefficient (Wildman–Crippen LogP) is 5.67. The fourth-order valence-corrected chi connectivity index (χ4v) is 6.33. The first-order valence-corrected chi connectivity index (χ1v) is 14.5. The zero-order valence-electron chi connectivity index (χ0n) is 23.6. The maximum Gasteiger partial charge on any atom is 0.240 e. The summed E-state index contributed by atoms with van der Waals surface area (Å²) in [4.78, 5) is 32.8. The van der Waals surface area contributed by atoms with E-state index in [1.165, 1.54) is 0 Å². The topological polar surface area (TPSA) is 80.1 Å². The number of pyridine rings is 1. The average Bonchev–Trinajstić information content (AvgIpc) is 3.27. The predicted molar refractivity (Wildman–Crippen MR) is 161 cm³/mol. The van der Waals surface area contributed by atoms with Gasteiger partial charge in [0.2, 0.25) is 11.8 Å². The Balaban J connectivity index is 1.67. The van der Waals surface area contributed by atoms with Crippen LogP contribution in [0.3, 0.4) is 0 Å². The standard InChI is InChI=1S/C32H35N5O2S/c1-21-9-8-11-24(17-21)37-31-28(30(35-37)32(3,4)5)29(25-12-7-6-10-22(25)2)40-20-27(39)36(31)19-26(38)34-18-23-13-15-33-16-14-23/h6-17,29H,18-20H2,1-5H3,(H,34,38)/t29-/m0/s1. The van der Waals surface area contributed by atoms with E-state index in [9.17, 15) is 9.59 Å². The first-order chi connectivity index (χ1) is 19.1. The van der Waals surface area contributed by atoms with E-state index in [-0.39, 0.29) is 34.8 Å². The Labute approximate surface area is 240 Å². The number of anilines is 1. The fraction of sp³-hybridized carbons (Fsp3) is 0.312. The van der Waals surface area contributed by atoms with Crippen molar-refractivity contribution in [3.05, 3.63) is 107 Å². The molecule has 1 N–H and O–H groups in total. The molecule has 2 amide bonds. The van der Waals surface area contributed by atoms with E-state index in [1.54, 1.807) is 29.1 Å². The second kappa shape index (κ2) is 11.3. The van der Waals surface area contributed by atoms with Crippen molar-refractivity contribution in [1.82, 2.24) is 20.1 Å². The van der Waals surface area contributed by atoms with Crippen LogP contribution in [0.15, 0.2) is 73.1 Å². The highest BCUT2D eigenvalue weighted by Gasteiger charge is 2.40. The van der Waals surface area contributed by atoms with Gasteiger partial charge in [-0.25, -0.2) is 4.68 Å². The Kier molecular flexibility index (Phi) is 7.81. The number of nitrogens with zero attached hydrogens (tertiary/aromatic N) is 4. The van der Waals surface area contributed by atoms with Crippen molar-refractivity contribution >= 4 is 29.4 Å². The Hall–Kier alpha value is -3.91. The van der Waals surface area contributed by atoms with Crippen molar-refractivity contribution in [1.29, 1.82) is 0 Å². The van der Waals surface area contributed by atoms with E-state index in [4.69, 9.17) is 5.10 Å². The maximum atomic E-state index is 13.8. The Morgan fingerprint density at radius 3 is 2.50 bits per heavy atom. The van der Waals surface area contributed by atoms with Gasteiger partial charge in [0.05, 0.1) is 22.4 Å². The van der Waals surface area contributed by atoms with Crippen LogP contribution in [0.4, 0.5) is 5.82 Å². The van der Waals surface area contributed by atoms with Crippen LogP contribution in [0, 0.1) is 13.8 Å². The van der Waals surface area contributed by atoms with Crippen molar-refractivity contribution < 1.29 is 9.59 Å². The summed E-state index contributed by atoms with van der Waals surface area (Å²) in [5, 5.41) is 8.04. The number of hydrogen-bond acceptors (Lipinski definition) is 5. The highest BCUT2D eigenvalue weighted by atomic mass is 32.2. The molecule has 0 bridgehead atoms. The van der Waals surface area contributed by atoms with E-state index in [0.29, 0.717) is 12.4 Å². The van der Waals surface area contributed by atoms with Gasteiger partial charge in [-0.05, 0) is 60.4 Å². The normalized spacial score (nSPS) is 15.5. The summed E-state index contributed by atoms with van der Waals surface area (Å²) in [5.41, 5.74) is 6.81. The molecule has 0 unspecified atom stereocenters. The number of hydrogen-bond donors (Lipinski definition) is 1. The first kappa shape index (κ1) is 27.6. The van der Waals surface area contributed by atoms with Crippen molar-refractivity contribution in [2.45, 2.75) is 51.8 Å². The van der Waals surface area contributed by atoms with Crippen LogP contribution in [-0.4, -0.2) is 38.9 Å². The van der Waals surface area contributed by atoms with Crippen molar-refractivity contribution in [2.75, 3.05) is 17.2 Å². The molecular formula is C32H35N5O2S. The Morgan fingerprint density at radius 2 is 1.80 bits per heavy atom. The number of benzene rings is 2. The number of nitrogens with one attached hydrogen (secondary N) is 1. The van der Waals surface area contributed by atoms with E-state index < -0.39 is 0 Å². The third kappa shape index (κ3) is 5.68. The molecule has 0 radical (unpaired) electrons. The van der Waals surface area contributed by atoms with Gasteiger partial charge in [-0.15, -0.1) is 11.8 Å². The minimum atomic E-state index is -0.302. The summed E-state index contributed by atoms with van der Waals surface area (Å²) in [6.45, 7) is 10.9. The minimum Gasteiger partial charge on any atom is -0.350 e. The summed E-state index contributed by atoms with van der Waals surface area (Å²) in [7, 11) is 0. The molecule has 206 valence electrons. The van der Waals surface area contributed by atoms with Gasteiger partial charge in [-0.2, -0.15) is 5.10 Å². The monoisotopic (exact) mass is 553 g/mol. The number of fused-ring (bicyclic) bond motifs is 1. The van der Waals surface area contributed by atoms with E-state index in [1.807, 2.05) is 54.1 Å². The quantitative estimate of drug-likeness (QED) is 0.333. The molecule has 0 saturated heterocycles. The Bertz CT molecular complexity index is 1540. The lowest BCUT2D eigenvalue weighted by Crippen LogP contribution is -2.42. The summed E-state index contributed by atoms with van der Waals surface area (Å²) in [6, 6.07) is 20.1. The number of amides is 2. The zero-order chi connectivity index (χ0) is 28.4. The van der Waals surface area contributed by atoms with Gasteiger partial charge < -0.3 is 5.32 Å². The lowest BCUT2D eigenvalue weighted by Gasteiger charge is -2.25. The number of rotatable bonds is 6. The van der Waals surface area contributed by atoms with Crippen LogP contribution in [0.25, 0.3) is 5.69 Å². The van der Waals surface area contributed by atoms with Gasteiger partial charge in [0.1, 0.15) is 12.4 Å². The fourth-order valence-electron chi connectivity index (χ4n) is 5.04. The second-order valence-corrected chi connectivity index (χ2v) is 12.3. The maximum absolute atomic E-state index is 13.8. The molecule has 0 aliphatic carbocycles. The first-order valence-electron chi connectivity index (χ1n) is 13.5. The molecule has 7 nitrogen and oxygen atoms in total. The smallest absolute Gasteiger partial charge is 0.240 e. The van der Waals surface area contributed by atoms with Crippen LogP contribution in [0.5, 0.6) is 0 Å². The molecule has 0 spiro atoms. The van der Waals surface area contributed by atoms with Gasteiger partial charge in [0, 0.05) is 29.9 Å². The highest BCUT2D eigenvalue weighted by Crippen LogP contribution is 2.49. The number of carbonyl (C=O) groups excluding carboxylic acids is 2. The third-order valence-corrected chi connectivity index (χ3v) is 8.29. The van der Waals surface area contributed by atoms with Crippen molar-refractivity contribution in [3.63, 3.8) is 0 Å². The molecule has 1 atom stereocenters. The molecule has 1 aliphatic rings. The van der Waals surface area contributed by atoms with Crippen molar-refractivity contribution in [3.8, 4) is 5.69 Å². The molecule has 1 aliphatic heterocycles. The van der Waals surface area contributed by atoms with E-state index in [0.717, 1.165) is 39.2 Å². The molecule has 2 aromatic carbocycles. The summed E-state index contributed by atoms with van der Waals surface area (Å²) < 4.78 is 1.87. The second-order valence-electron chi connectivity index (χ2n) is 11.2. The molecule has 40 heavy (non-hydrogen) atoms. The zero-order valence-corrected chi connectivity index (χ0v) is 24.5. The number of carbonyl (C=O) groups is 2. The molecule has 3 heterocycles. The van der Waals surface area contributed by atoms with Crippen LogP contribution in [-0.2, 0) is 21.5 Å². The van der Waals surface area contributed by atoms with Gasteiger partial charge >= 0.3 is 0 Å². The summed E-state index contributed by atoms with van der Waals surface area (Å²) in [5.74, 6) is 0.571. The molecule has 2 aromatic heterocycles.